The van der Waals surface area contributed by atoms with Crippen LogP contribution in [0.4, 0.5) is 0 Å². The van der Waals surface area contributed by atoms with E-state index in [1.54, 1.807) is 24.3 Å². The lowest BCUT2D eigenvalue weighted by atomic mass is 10.1. The molecule has 11 heteroatoms. The van der Waals surface area contributed by atoms with Gasteiger partial charge in [-0.2, -0.15) is 5.06 Å². The number of halogens is 1. The van der Waals surface area contributed by atoms with Gasteiger partial charge >= 0.3 is 17.7 Å². The number of nitrogens with zero attached hydrogens (tertiary/aromatic N) is 1. The predicted molar refractivity (Wildman–Crippen MR) is 92.6 cm³/mol. The summed E-state index contributed by atoms with van der Waals surface area (Å²) in [7, 11) is 0. The Balaban J connectivity index is 1.58. The van der Waals surface area contributed by atoms with Crippen molar-refractivity contribution in [2.75, 3.05) is 12.4 Å². The number of thioether (sulfide) groups is 1. The van der Waals surface area contributed by atoms with Gasteiger partial charge in [0, 0.05) is 16.3 Å². The van der Waals surface area contributed by atoms with Gasteiger partial charge in [0.2, 0.25) is 5.91 Å². The number of rotatable bonds is 6. The van der Waals surface area contributed by atoms with Crippen molar-refractivity contribution in [3.05, 3.63) is 29.3 Å². The monoisotopic (exact) mass is 414 g/mol. The normalized spacial score (nSPS) is 24.8. The fourth-order valence-electron chi connectivity index (χ4n) is 2.67. The standard InChI is InChI=1S/C16H15ClN2O7S/c17-9-1-3-10(4-2-9)27-8-12(20)18-11-7-25-19(14(11)22)16(15(23)24)6-5-13(21)26-16/h1-4,11H,5-8H2,(H,18,20)(H,23,24)/t11-,16?/m0/s1. The molecule has 3 rings (SSSR count). The SMILES string of the molecule is O=C(CSc1ccc(Cl)cc1)N[C@H]1CON(C2(C(=O)O)CCC(=O)O2)C1=O. The summed E-state index contributed by atoms with van der Waals surface area (Å²) < 4.78 is 4.85. The zero-order valence-corrected chi connectivity index (χ0v) is 15.4. The van der Waals surface area contributed by atoms with Crippen LogP contribution in [0.25, 0.3) is 0 Å². The minimum atomic E-state index is -2.19. The first-order valence-corrected chi connectivity index (χ1v) is 9.28. The van der Waals surface area contributed by atoms with Gasteiger partial charge in [0.1, 0.15) is 12.6 Å². The molecule has 0 aliphatic carbocycles. The zero-order chi connectivity index (χ0) is 19.6. The molecule has 1 unspecified atom stereocenters. The van der Waals surface area contributed by atoms with Gasteiger partial charge in [0.15, 0.2) is 0 Å². The van der Waals surface area contributed by atoms with Gasteiger partial charge < -0.3 is 15.2 Å². The van der Waals surface area contributed by atoms with Gasteiger partial charge in [0.25, 0.3) is 5.91 Å². The van der Waals surface area contributed by atoms with Crippen molar-refractivity contribution in [2.45, 2.75) is 29.5 Å². The van der Waals surface area contributed by atoms with E-state index in [-0.39, 0.29) is 25.2 Å². The third-order valence-electron chi connectivity index (χ3n) is 4.00. The molecule has 0 saturated carbocycles. The number of hydroxylamine groups is 2. The quantitative estimate of drug-likeness (QED) is 0.518. The predicted octanol–water partition coefficient (Wildman–Crippen LogP) is 0.809. The summed E-state index contributed by atoms with van der Waals surface area (Å²) in [5.74, 6) is -3.40. The first kappa shape index (κ1) is 19.5. The Hall–Kier alpha value is -2.30. The first-order valence-electron chi connectivity index (χ1n) is 7.92. The summed E-state index contributed by atoms with van der Waals surface area (Å²) in [5.41, 5.74) is -2.19. The van der Waals surface area contributed by atoms with Gasteiger partial charge in [-0.25, -0.2) is 4.79 Å². The van der Waals surface area contributed by atoms with Crippen molar-refractivity contribution in [2.24, 2.45) is 0 Å². The van der Waals surface area contributed by atoms with Crippen LogP contribution in [-0.2, 0) is 28.8 Å². The Kier molecular flexibility index (Phi) is 5.59. The van der Waals surface area contributed by atoms with E-state index in [9.17, 15) is 24.3 Å². The molecule has 2 amide bonds. The fourth-order valence-corrected chi connectivity index (χ4v) is 3.50. The minimum Gasteiger partial charge on any atom is -0.477 e. The van der Waals surface area contributed by atoms with Crippen molar-refractivity contribution in [3.8, 4) is 0 Å². The lowest BCUT2D eigenvalue weighted by Crippen LogP contribution is -2.56. The highest BCUT2D eigenvalue weighted by molar-refractivity contribution is 8.00. The highest BCUT2D eigenvalue weighted by Gasteiger charge is 2.59. The molecule has 2 aliphatic heterocycles. The number of nitrogens with one attached hydrogen (secondary N) is 1. The minimum absolute atomic E-state index is 0.0461. The molecule has 1 aromatic rings. The van der Waals surface area contributed by atoms with E-state index in [0.29, 0.717) is 10.1 Å². The van der Waals surface area contributed by atoms with Crippen LogP contribution in [0.1, 0.15) is 12.8 Å². The molecule has 1 aromatic carbocycles. The number of hydrogen-bond acceptors (Lipinski definition) is 7. The molecule has 0 aromatic heterocycles. The number of amides is 2. The van der Waals surface area contributed by atoms with Crippen LogP contribution < -0.4 is 5.32 Å². The van der Waals surface area contributed by atoms with Crippen LogP contribution >= 0.6 is 23.4 Å². The van der Waals surface area contributed by atoms with E-state index in [4.69, 9.17) is 21.2 Å². The average Bonchev–Trinajstić information content (AvgIpc) is 3.19. The molecule has 0 bridgehead atoms. The number of esters is 1. The number of benzene rings is 1. The van der Waals surface area contributed by atoms with Crippen molar-refractivity contribution in [1.29, 1.82) is 0 Å². The molecule has 144 valence electrons. The molecule has 0 spiro atoms. The van der Waals surface area contributed by atoms with Crippen LogP contribution in [0.2, 0.25) is 5.02 Å². The zero-order valence-electron chi connectivity index (χ0n) is 13.8. The second-order valence-corrected chi connectivity index (χ2v) is 7.34. The van der Waals surface area contributed by atoms with Gasteiger partial charge in [-0.1, -0.05) is 11.6 Å². The van der Waals surface area contributed by atoms with E-state index in [1.165, 1.54) is 11.8 Å². The summed E-state index contributed by atoms with van der Waals surface area (Å²) in [5, 5.41) is 13.0. The first-order chi connectivity index (χ1) is 12.8. The van der Waals surface area contributed by atoms with E-state index in [2.05, 4.69) is 5.32 Å². The summed E-state index contributed by atoms with van der Waals surface area (Å²) in [6, 6.07) is 5.86. The van der Waals surface area contributed by atoms with Crippen molar-refractivity contribution in [1.82, 2.24) is 10.4 Å². The van der Waals surface area contributed by atoms with Crippen LogP contribution in [-0.4, -0.2) is 58.0 Å². The smallest absolute Gasteiger partial charge is 0.372 e. The molecule has 9 nitrogen and oxygen atoms in total. The highest BCUT2D eigenvalue weighted by Crippen LogP contribution is 2.34. The van der Waals surface area contributed by atoms with Crippen molar-refractivity contribution in [3.63, 3.8) is 0 Å². The molecular weight excluding hydrogens is 400 g/mol. The fraction of sp³-hybridized carbons (Fsp3) is 0.375. The average molecular weight is 415 g/mol. The molecule has 2 atom stereocenters. The van der Waals surface area contributed by atoms with E-state index in [0.717, 1.165) is 4.90 Å². The number of carboxylic acids is 1. The maximum atomic E-state index is 12.5. The number of carbonyl (C=O) groups is 4. The Bertz CT molecular complexity index is 787. The Morgan fingerprint density at radius 3 is 2.63 bits per heavy atom. The van der Waals surface area contributed by atoms with Crippen LogP contribution in [0, 0.1) is 0 Å². The topological polar surface area (TPSA) is 122 Å². The molecule has 2 N–H and O–H groups in total. The summed E-state index contributed by atoms with van der Waals surface area (Å²) in [6.45, 7) is -0.247. The Morgan fingerprint density at radius 1 is 1.33 bits per heavy atom. The highest BCUT2D eigenvalue weighted by atomic mass is 35.5. The van der Waals surface area contributed by atoms with Gasteiger partial charge in [-0.15, -0.1) is 11.8 Å². The molecule has 0 radical (unpaired) electrons. The van der Waals surface area contributed by atoms with Gasteiger partial charge in [0.05, 0.1) is 12.2 Å². The molecule has 2 saturated heterocycles. The second kappa shape index (κ2) is 7.75. The Morgan fingerprint density at radius 2 is 2.04 bits per heavy atom. The summed E-state index contributed by atoms with van der Waals surface area (Å²) in [4.78, 5) is 53.5. The molecule has 2 aliphatic rings. The molecule has 2 heterocycles. The van der Waals surface area contributed by atoms with Crippen molar-refractivity contribution < 1.29 is 33.9 Å². The Labute approximate surface area is 162 Å². The van der Waals surface area contributed by atoms with Crippen LogP contribution in [0.5, 0.6) is 0 Å². The largest absolute Gasteiger partial charge is 0.477 e. The lowest BCUT2D eigenvalue weighted by molar-refractivity contribution is -0.256. The van der Waals surface area contributed by atoms with E-state index in [1.807, 2.05) is 0 Å². The third-order valence-corrected chi connectivity index (χ3v) is 5.26. The van der Waals surface area contributed by atoms with Crippen LogP contribution in [0.3, 0.4) is 0 Å². The van der Waals surface area contributed by atoms with E-state index < -0.39 is 35.5 Å². The third kappa shape index (κ3) is 4.02. The maximum absolute atomic E-state index is 12.5. The lowest BCUT2D eigenvalue weighted by Gasteiger charge is -2.30. The number of cyclic esters (lactones) is 1. The summed E-state index contributed by atoms with van der Waals surface area (Å²) >= 11 is 7.05. The van der Waals surface area contributed by atoms with Gasteiger partial charge in [-0.3, -0.25) is 19.2 Å². The number of carbonyl (C=O) groups excluding carboxylic acids is 3. The van der Waals surface area contributed by atoms with E-state index >= 15 is 0 Å². The summed E-state index contributed by atoms with van der Waals surface area (Å²) in [6.07, 6.45) is -0.367. The van der Waals surface area contributed by atoms with Crippen LogP contribution in [0.15, 0.2) is 29.2 Å². The number of aliphatic carboxylic acids is 1. The molecule has 2 fully saturated rings. The molecule has 27 heavy (non-hydrogen) atoms. The maximum Gasteiger partial charge on any atom is 0.372 e. The second-order valence-electron chi connectivity index (χ2n) is 5.85. The number of carboxylic acid groups (broad SMARTS) is 1. The van der Waals surface area contributed by atoms with Gasteiger partial charge in [-0.05, 0) is 24.3 Å². The van der Waals surface area contributed by atoms with Crippen molar-refractivity contribution >= 4 is 47.1 Å². The number of hydrogen-bond donors (Lipinski definition) is 2. The molecular formula is C16H15ClN2O7S. The number of ether oxygens (including phenoxy) is 1.